The molecule has 344 valence electrons. The maximum absolute atomic E-state index is 12.9. The summed E-state index contributed by atoms with van der Waals surface area (Å²) in [7, 11) is 0. The molecule has 0 amide bonds. The largest absolute Gasteiger partial charge is 0.398 e. The van der Waals surface area contributed by atoms with E-state index in [1.807, 2.05) is 48.5 Å². The van der Waals surface area contributed by atoms with Gasteiger partial charge in [-0.3, -0.25) is 0 Å². The van der Waals surface area contributed by atoms with E-state index in [-0.39, 0.29) is 0 Å². The molecule has 0 aliphatic heterocycles. The summed E-state index contributed by atoms with van der Waals surface area (Å²) >= 11 is 0. The van der Waals surface area contributed by atoms with Crippen LogP contribution in [0.2, 0.25) is 0 Å². The van der Waals surface area contributed by atoms with E-state index in [2.05, 4.69) is 61.8 Å². The summed E-state index contributed by atoms with van der Waals surface area (Å²) in [6.45, 7) is 12.8. The van der Waals surface area contributed by atoms with Crippen LogP contribution in [0.15, 0.2) is 72.8 Å². The van der Waals surface area contributed by atoms with Crippen molar-refractivity contribution in [2.24, 2.45) is 0 Å². The van der Waals surface area contributed by atoms with Gasteiger partial charge in [0, 0.05) is 104 Å². The summed E-state index contributed by atoms with van der Waals surface area (Å²) in [4.78, 5) is 5.13. The SMILES string of the molecule is CCCCCCN(CCCCCC)c1c2cccc(N)c2c(C2C(O)C(c3c4c(N)cccc4c(N(CCCCCC)CCCCCC)c4cccc(N)c34)C2O)c2c(N)cccc12. The van der Waals surface area contributed by atoms with Gasteiger partial charge < -0.3 is 42.9 Å². The van der Waals surface area contributed by atoms with Crippen molar-refractivity contribution >= 4 is 77.2 Å². The lowest BCUT2D eigenvalue weighted by Gasteiger charge is -2.49. The van der Waals surface area contributed by atoms with Crippen LogP contribution in [-0.2, 0) is 0 Å². The Kier molecular flexibility index (Phi) is 16.1. The molecule has 8 heteroatoms. The van der Waals surface area contributed by atoms with Crippen LogP contribution >= 0.6 is 0 Å². The second-order valence-corrected chi connectivity index (χ2v) is 18.9. The quantitative estimate of drug-likeness (QED) is 0.0200. The molecule has 64 heavy (non-hydrogen) atoms. The maximum Gasteiger partial charge on any atom is 0.0728 e. The summed E-state index contributed by atoms with van der Waals surface area (Å²) in [5.74, 6) is -1.34. The number of hydrogen-bond donors (Lipinski definition) is 6. The molecule has 1 saturated carbocycles. The van der Waals surface area contributed by atoms with E-state index >= 15 is 0 Å². The fourth-order valence-electron chi connectivity index (χ4n) is 11.1. The monoisotopic (exact) mass is 867 g/mol. The third kappa shape index (κ3) is 9.28. The molecule has 6 aromatic carbocycles. The van der Waals surface area contributed by atoms with Gasteiger partial charge in [0.1, 0.15) is 0 Å². The van der Waals surface area contributed by atoms with Crippen LogP contribution in [0.5, 0.6) is 0 Å². The van der Waals surface area contributed by atoms with Crippen LogP contribution in [0.25, 0.3) is 43.1 Å². The van der Waals surface area contributed by atoms with Crippen molar-refractivity contribution in [2.75, 3.05) is 58.9 Å². The van der Waals surface area contributed by atoms with Crippen molar-refractivity contribution in [3.63, 3.8) is 0 Å². The first kappa shape index (κ1) is 47.1. The van der Waals surface area contributed by atoms with Gasteiger partial charge in [0.2, 0.25) is 0 Å². The molecule has 0 bridgehead atoms. The molecular formula is C56H78N6O2. The molecule has 0 saturated heterocycles. The highest BCUT2D eigenvalue weighted by Gasteiger charge is 2.53. The van der Waals surface area contributed by atoms with E-state index in [4.69, 9.17) is 22.9 Å². The summed E-state index contributed by atoms with van der Waals surface area (Å²) in [5.41, 5.74) is 34.7. The van der Waals surface area contributed by atoms with Crippen LogP contribution in [0.3, 0.4) is 0 Å². The van der Waals surface area contributed by atoms with Crippen LogP contribution in [-0.4, -0.2) is 48.6 Å². The molecule has 1 aliphatic carbocycles. The highest BCUT2D eigenvalue weighted by molar-refractivity contribution is 6.22. The molecule has 0 heterocycles. The fourth-order valence-corrected chi connectivity index (χ4v) is 11.1. The van der Waals surface area contributed by atoms with Crippen molar-refractivity contribution < 1.29 is 10.2 Å². The Morgan fingerprint density at radius 1 is 0.375 bits per heavy atom. The average molecular weight is 867 g/mol. The minimum absolute atomic E-state index is 0.616. The standard InChI is InChI=1S/C56H78N6O2/c1-5-9-13-17-33-61(34-18-14-10-6-2)53-37-25-21-29-41(57)45(37)49(46-38(53)26-22-30-42(46)58)51-55(63)52(56(51)64)50-47-39(27-23-31-43(47)59)54(40-28-24-32-44(60)48(40)50)62(35-19-15-11-7-3)36-20-16-12-8-4/h21-32,51-52,55-56,63-64H,5-20,33-36,57-60H2,1-4H3. The van der Waals surface area contributed by atoms with Gasteiger partial charge in [-0.25, -0.2) is 0 Å². The molecule has 0 spiro atoms. The summed E-state index contributed by atoms with van der Waals surface area (Å²) in [5, 5.41) is 33.4. The third-order valence-electron chi connectivity index (χ3n) is 14.4. The summed E-state index contributed by atoms with van der Waals surface area (Å²) in [6.07, 6.45) is 16.7. The predicted octanol–water partition coefficient (Wildman–Crippen LogP) is 13.2. The highest BCUT2D eigenvalue weighted by Crippen LogP contribution is 2.58. The van der Waals surface area contributed by atoms with Gasteiger partial charge >= 0.3 is 0 Å². The molecule has 0 unspecified atom stereocenters. The molecule has 10 N–H and O–H groups in total. The molecule has 0 aromatic heterocycles. The van der Waals surface area contributed by atoms with Crippen molar-refractivity contribution in [3.05, 3.63) is 83.9 Å². The number of aliphatic hydroxyl groups is 2. The zero-order chi connectivity index (χ0) is 45.3. The number of hydrogen-bond acceptors (Lipinski definition) is 8. The minimum Gasteiger partial charge on any atom is -0.398 e. The lowest BCUT2D eigenvalue weighted by molar-refractivity contribution is -0.0765. The Hall–Kier alpha value is -4.92. The van der Waals surface area contributed by atoms with Crippen molar-refractivity contribution in [3.8, 4) is 0 Å². The second-order valence-electron chi connectivity index (χ2n) is 18.9. The first-order valence-corrected chi connectivity index (χ1v) is 25.1. The molecule has 6 aromatic rings. The zero-order valence-electron chi connectivity index (χ0n) is 39.5. The van der Waals surface area contributed by atoms with Gasteiger partial charge in [0.25, 0.3) is 0 Å². The normalized spacial score (nSPS) is 17.5. The molecule has 8 nitrogen and oxygen atoms in total. The second kappa shape index (κ2) is 21.8. The lowest BCUT2D eigenvalue weighted by Crippen LogP contribution is -2.52. The minimum atomic E-state index is -0.985. The highest BCUT2D eigenvalue weighted by atomic mass is 16.3. The first-order valence-electron chi connectivity index (χ1n) is 25.1. The number of benzene rings is 6. The number of rotatable bonds is 24. The number of nitrogen functional groups attached to an aromatic ring is 4. The Morgan fingerprint density at radius 2 is 0.625 bits per heavy atom. The van der Waals surface area contributed by atoms with Gasteiger partial charge in [-0.15, -0.1) is 0 Å². The van der Waals surface area contributed by atoms with Gasteiger partial charge in [-0.2, -0.15) is 0 Å². The molecular weight excluding hydrogens is 789 g/mol. The van der Waals surface area contributed by atoms with Gasteiger partial charge in [-0.05, 0) is 61.1 Å². The predicted molar refractivity (Wildman–Crippen MR) is 279 cm³/mol. The smallest absolute Gasteiger partial charge is 0.0728 e. The van der Waals surface area contributed by atoms with E-state index in [0.717, 1.165) is 117 Å². The Balaban J connectivity index is 1.40. The summed E-state index contributed by atoms with van der Waals surface area (Å²) in [6, 6.07) is 24.6. The molecule has 0 atom stereocenters. The fraction of sp³-hybridized carbons (Fsp3) is 0.500. The molecule has 7 rings (SSSR count). The molecule has 1 fully saturated rings. The number of nitrogens with two attached hydrogens (primary N) is 4. The van der Waals surface area contributed by atoms with Crippen molar-refractivity contribution in [2.45, 2.75) is 154 Å². The number of aliphatic hydroxyl groups excluding tert-OH is 2. The number of fused-ring (bicyclic) bond motifs is 4. The molecule has 0 radical (unpaired) electrons. The average Bonchev–Trinajstić information content (AvgIpc) is 3.28. The number of nitrogens with zero attached hydrogens (tertiary/aromatic N) is 2. The van der Waals surface area contributed by atoms with Gasteiger partial charge in [0.05, 0.1) is 23.6 Å². The third-order valence-corrected chi connectivity index (χ3v) is 14.4. The van der Waals surface area contributed by atoms with E-state index < -0.39 is 24.0 Å². The zero-order valence-corrected chi connectivity index (χ0v) is 39.5. The summed E-state index contributed by atoms with van der Waals surface area (Å²) < 4.78 is 0. The van der Waals surface area contributed by atoms with Gasteiger partial charge in [-0.1, -0.05) is 153 Å². The van der Waals surface area contributed by atoms with E-state index in [1.165, 1.54) is 77.0 Å². The van der Waals surface area contributed by atoms with Crippen molar-refractivity contribution in [1.29, 1.82) is 0 Å². The molecule has 1 aliphatic rings. The van der Waals surface area contributed by atoms with E-state index in [1.54, 1.807) is 0 Å². The Morgan fingerprint density at radius 3 is 0.859 bits per heavy atom. The maximum atomic E-state index is 12.9. The van der Waals surface area contributed by atoms with Crippen molar-refractivity contribution in [1.82, 2.24) is 0 Å². The van der Waals surface area contributed by atoms with Gasteiger partial charge in [0.15, 0.2) is 0 Å². The Labute approximate surface area is 383 Å². The topological polar surface area (TPSA) is 151 Å². The van der Waals surface area contributed by atoms with Crippen LogP contribution in [0.4, 0.5) is 34.1 Å². The lowest BCUT2D eigenvalue weighted by atomic mass is 9.60. The number of anilines is 6. The van der Waals surface area contributed by atoms with E-state index in [9.17, 15) is 10.2 Å². The Bertz CT molecular complexity index is 2170. The number of unbranched alkanes of at least 4 members (excludes halogenated alkanes) is 12. The van der Waals surface area contributed by atoms with Crippen LogP contribution in [0.1, 0.15) is 153 Å². The van der Waals surface area contributed by atoms with Crippen LogP contribution in [0, 0.1) is 0 Å². The van der Waals surface area contributed by atoms with Crippen LogP contribution < -0.4 is 32.7 Å². The van der Waals surface area contributed by atoms with E-state index in [0.29, 0.717) is 22.7 Å². The first-order chi connectivity index (χ1) is 31.2.